The van der Waals surface area contributed by atoms with E-state index in [1.54, 1.807) is 6.92 Å². The van der Waals surface area contributed by atoms with E-state index in [1.165, 1.54) is 23.9 Å². The SMILES string of the molecule is Cc1nc(NS(=O)(=O)c2c(F)cccc2Cl)n(C)n1. The fourth-order valence-electron chi connectivity index (χ4n) is 1.51. The van der Waals surface area contributed by atoms with Crippen molar-refractivity contribution in [3.05, 3.63) is 34.9 Å². The molecule has 0 unspecified atom stereocenters. The first-order valence-electron chi connectivity index (χ1n) is 5.16. The molecule has 1 N–H and O–H groups in total. The van der Waals surface area contributed by atoms with Crippen LogP contribution < -0.4 is 4.72 Å². The number of nitrogens with one attached hydrogen (secondary N) is 1. The van der Waals surface area contributed by atoms with E-state index in [2.05, 4.69) is 14.8 Å². The number of halogens is 2. The van der Waals surface area contributed by atoms with E-state index in [4.69, 9.17) is 11.6 Å². The molecular formula is C10H10ClFN4O2S. The summed E-state index contributed by atoms with van der Waals surface area (Å²) in [5.41, 5.74) is 0. The molecule has 0 aliphatic carbocycles. The summed E-state index contributed by atoms with van der Waals surface area (Å²) in [7, 11) is -2.65. The van der Waals surface area contributed by atoms with E-state index in [-0.39, 0.29) is 11.0 Å². The quantitative estimate of drug-likeness (QED) is 0.936. The van der Waals surface area contributed by atoms with E-state index in [0.29, 0.717) is 5.82 Å². The molecule has 0 spiro atoms. The maximum Gasteiger partial charge on any atom is 0.268 e. The zero-order valence-corrected chi connectivity index (χ0v) is 11.6. The maximum atomic E-state index is 13.6. The van der Waals surface area contributed by atoms with Crippen molar-refractivity contribution >= 4 is 27.6 Å². The van der Waals surface area contributed by atoms with Crippen molar-refractivity contribution < 1.29 is 12.8 Å². The average Bonchev–Trinajstić information content (AvgIpc) is 2.55. The van der Waals surface area contributed by atoms with Crippen LogP contribution in [0.3, 0.4) is 0 Å². The summed E-state index contributed by atoms with van der Waals surface area (Å²) in [5, 5.41) is 3.68. The van der Waals surface area contributed by atoms with Crippen LogP contribution in [0, 0.1) is 12.7 Å². The van der Waals surface area contributed by atoms with Crippen LogP contribution in [0.15, 0.2) is 23.1 Å². The number of aryl methyl sites for hydroxylation is 2. The molecule has 0 aliphatic heterocycles. The Morgan fingerprint density at radius 2 is 2.11 bits per heavy atom. The van der Waals surface area contributed by atoms with Gasteiger partial charge in [-0.2, -0.15) is 10.1 Å². The van der Waals surface area contributed by atoms with Gasteiger partial charge < -0.3 is 0 Å². The van der Waals surface area contributed by atoms with Crippen LogP contribution in [0.4, 0.5) is 10.3 Å². The van der Waals surface area contributed by atoms with Crippen molar-refractivity contribution in [3.63, 3.8) is 0 Å². The highest BCUT2D eigenvalue weighted by Crippen LogP contribution is 2.25. The second-order valence-electron chi connectivity index (χ2n) is 3.76. The molecule has 6 nitrogen and oxygen atoms in total. The van der Waals surface area contributed by atoms with E-state index >= 15 is 0 Å². The molecule has 1 heterocycles. The van der Waals surface area contributed by atoms with Gasteiger partial charge in [-0.05, 0) is 19.1 Å². The third-order valence-electron chi connectivity index (χ3n) is 2.28. The van der Waals surface area contributed by atoms with Gasteiger partial charge >= 0.3 is 0 Å². The van der Waals surface area contributed by atoms with Gasteiger partial charge in [0.15, 0.2) is 0 Å². The molecule has 0 bridgehead atoms. The minimum absolute atomic E-state index is 0.0168. The lowest BCUT2D eigenvalue weighted by atomic mass is 10.3. The highest BCUT2D eigenvalue weighted by Gasteiger charge is 2.24. The maximum absolute atomic E-state index is 13.6. The lowest BCUT2D eigenvalue weighted by Crippen LogP contribution is -2.18. The molecule has 19 heavy (non-hydrogen) atoms. The Balaban J connectivity index is 2.47. The van der Waals surface area contributed by atoms with Crippen molar-refractivity contribution in [2.24, 2.45) is 7.05 Å². The lowest BCUT2D eigenvalue weighted by Gasteiger charge is -2.08. The number of sulfonamides is 1. The number of aromatic nitrogens is 3. The van der Waals surface area contributed by atoms with Crippen LogP contribution in [0.25, 0.3) is 0 Å². The van der Waals surface area contributed by atoms with Gasteiger partial charge in [0.25, 0.3) is 10.0 Å². The third kappa shape index (κ3) is 2.69. The van der Waals surface area contributed by atoms with Gasteiger partial charge in [-0.25, -0.2) is 22.2 Å². The van der Waals surface area contributed by atoms with Crippen LogP contribution in [-0.4, -0.2) is 23.2 Å². The first kappa shape index (κ1) is 13.8. The van der Waals surface area contributed by atoms with Gasteiger partial charge in [-0.1, -0.05) is 17.7 Å². The van der Waals surface area contributed by atoms with Crippen LogP contribution in [0.2, 0.25) is 5.02 Å². The molecule has 0 aliphatic rings. The molecule has 0 atom stereocenters. The van der Waals surface area contributed by atoms with Gasteiger partial charge in [0, 0.05) is 7.05 Å². The Kier molecular flexibility index (Phi) is 3.46. The van der Waals surface area contributed by atoms with Gasteiger partial charge in [0.05, 0.1) is 5.02 Å². The second kappa shape index (κ2) is 4.78. The number of hydrogen-bond donors (Lipinski definition) is 1. The molecule has 0 fully saturated rings. The minimum Gasteiger partial charge on any atom is -0.247 e. The van der Waals surface area contributed by atoms with Crippen molar-refractivity contribution in [2.45, 2.75) is 11.8 Å². The van der Waals surface area contributed by atoms with Crippen LogP contribution in [0.1, 0.15) is 5.82 Å². The number of nitrogens with zero attached hydrogens (tertiary/aromatic N) is 3. The predicted molar refractivity (Wildman–Crippen MR) is 68.0 cm³/mol. The van der Waals surface area contributed by atoms with Crippen LogP contribution in [-0.2, 0) is 17.1 Å². The second-order valence-corrected chi connectivity index (χ2v) is 5.79. The third-order valence-corrected chi connectivity index (χ3v) is 4.11. The summed E-state index contributed by atoms with van der Waals surface area (Å²) < 4.78 is 41.2. The normalized spacial score (nSPS) is 11.6. The standard InChI is InChI=1S/C10H10ClFN4O2S/c1-6-13-10(16(2)14-6)15-19(17,18)9-7(11)4-3-5-8(9)12/h3-5H,1-2H3,(H,13,14,15). The zero-order valence-electron chi connectivity index (χ0n) is 10.1. The van der Waals surface area contributed by atoms with Crippen LogP contribution in [0.5, 0.6) is 0 Å². The van der Waals surface area contributed by atoms with Gasteiger partial charge in [0.2, 0.25) is 5.95 Å². The summed E-state index contributed by atoms with van der Waals surface area (Å²) >= 11 is 5.72. The van der Waals surface area contributed by atoms with Gasteiger partial charge in [-0.15, -0.1) is 0 Å². The van der Waals surface area contributed by atoms with Crippen molar-refractivity contribution in [3.8, 4) is 0 Å². The van der Waals surface area contributed by atoms with E-state index in [1.807, 2.05) is 0 Å². The number of anilines is 1. The molecule has 1 aromatic carbocycles. The smallest absolute Gasteiger partial charge is 0.247 e. The molecular weight excluding hydrogens is 295 g/mol. The largest absolute Gasteiger partial charge is 0.268 e. The average molecular weight is 305 g/mol. The molecule has 9 heteroatoms. The Morgan fingerprint density at radius 3 is 2.63 bits per heavy atom. The van der Waals surface area contributed by atoms with Crippen LogP contribution >= 0.6 is 11.6 Å². The Bertz CT molecular complexity index is 709. The molecule has 0 radical (unpaired) electrons. The summed E-state index contributed by atoms with van der Waals surface area (Å²) in [6.07, 6.45) is 0. The monoisotopic (exact) mass is 304 g/mol. The first-order chi connectivity index (χ1) is 8.81. The van der Waals surface area contributed by atoms with Gasteiger partial charge in [0.1, 0.15) is 16.5 Å². The molecule has 2 rings (SSSR count). The molecule has 102 valence electrons. The fourth-order valence-corrected chi connectivity index (χ4v) is 3.15. The molecule has 1 aromatic heterocycles. The number of hydrogen-bond acceptors (Lipinski definition) is 4. The summed E-state index contributed by atoms with van der Waals surface area (Å²) in [6, 6.07) is 3.63. The highest BCUT2D eigenvalue weighted by molar-refractivity contribution is 7.92. The van der Waals surface area contributed by atoms with Crippen molar-refractivity contribution in [2.75, 3.05) is 4.72 Å². The summed E-state index contributed by atoms with van der Waals surface area (Å²) in [5.74, 6) is -0.560. The predicted octanol–water partition coefficient (Wildman–Crippen LogP) is 1.72. The molecule has 0 amide bonds. The fraction of sp³-hybridized carbons (Fsp3) is 0.200. The lowest BCUT2D eigenvalue weighted by molar-refractivity contribution is 0.570. The topological polar surface area (TPSA) is 76.9 Å². The van der Waals surface area contributed by atoms with E-state index < -0.39 is 20.7 Å². The Morgan fingerprint density at radius 1 is 1.42 bits per heavy atom. The molecule has 2 aromatic rings. The number of rotatable bonds is 3. The summed E-state index contributed by atoms with van der Waals surface area (Å²) in [6.45, 7) is 1.61. The Labute approximate surface area is 114 Å². The van der Waals surface area contributed by atoms with E-state index in [9.17, 15) is 12.8 Å². The first-order valence-corrected chi connectivity index (χ1v) is 7.02. The zero-order chi connectivity index (χ0) is 14.2. The minimum atomic E-state index is -4.16. The number of benzene rings is 1. The summed E-state index contributed by atoms with van der Waals surface area (Å²) in [4.78, 5) is 3.26. The van der Waals surface area contributed by atoms with E-state index in [0.717, 1.165) is 6.07 Å². The highest BCUT2D eigenvalue weighted by atomic mass is 35.5. The van der Waals surface area contributed by atoms with Crippen molar-refractivity contribution in [1.82, 2.24) is 14.8 Å². The van der Waals surface area contributed by atoms with Gasteiger partial charge in [-0.3, -0.25) is 0 Å². The molecule has 0 saturated carbocycles. The van der Waals surface area contributed by atoms with Crippen molar-refractivity contribution in [1.29, 1.82) is 0 Å². The molecule has 0 saturated heterocycles. The Hall–Kier alpha value is -1.67.